The van der Waals surface area contributed by atoms with Crippen molar-refractivity contribution in [3.63, 3.8) is 0 Å². The van der Waals surface area contributed by atoms with Gasteiger partial charge in [0.15, 0.2) is 5.75 Å². The number of ether oxygens (including phenoxy) is 1. The van der Waals surface area contributed by atoms with Gasteiger partial charge in [-0.3, -0.25) is 0 Å². The van der Waals surface area contributed by atoms with Crippen molar-refractivity contribution in [2.24, 2.45) is 0 Å². The molecule has 13 heavy (non-hydrogen) atoms. The summed E-state index contributed by atoms with van der Waals surface area (Å²) in [5.41, 5.74) is 6.45. The molecule has 1 aromatic heterocycles. The van der Waals surface area contributed by atoms with E-state index in [1.54, 1.807) is 12.3 Å². The van der Waals surface area contributed by atoms with E-state index in [2.05, 4.69) is 10.3 Å². The third-order valence-electron chi connectivity index (χ3n) is 1.98. The fraction of sp³-hybridized carbons (Fsp3) is 0.444. The molecular formula is C9H13N3O. The van der Waals surface area contributed by atoms with E-state index >= 15 is 0 Å². The summed E-state index contributed by atoms with van der Waals surface area (Å²) in [5.74, 6) is 1.30. The van der Waals surface area contributed by atoms with Crippen LogP contribution in [-0.2, 0) is 0 Å². The second kappa shape index (κ2) is 3.12. The first-order chi connectivity index (χ1) is 6.29. The Morgan fingerprint density at radius 2 is 2.38 bits per heavy atom. The zero-order chi connectivity index (χ0) is 9.26. The largest absolute Gasteiger partial charge is 0.487 e. The Morgan fingerprint density at radius 3 is 3.00 bits per heavy atom. The fourth-order valence-corrected chi connectivity index (χ4v) is 1.11. The van der Waals surface area contributed by atoms with E-state index in [-0.39, 0.29) is 0 Å². The number of pyridine rings is 1. The molecule has 0 aromatic carbocycles. The molecule has 0 spiro atoms. The van der Waals surface area contributed by atoms with E-state index in [0.717, 1.165) is 24.3 Å². The fourth-order valence-electron chi connectivity index (χ4n) is 1.11. The summed E-state index contributed by atoms with van der Waals surface area (Å²) in [6.07, 6.45) is 4.35. The molecule has 4 nitrogen and oxygen atoms in total. The summed E-state index contributed by atoms with van der Waals surface area (Å²) in [6.45, 7) is 0. The highest BCUT2D eigenvalue weighted by Gasteiger charge is 2.24. The van der Waals surface area contributed by atoms with Gasteiger partial charge >= 0.3 is 0 Å². The van der Waals surface area contributed by atoms with Gasteiger partial charge in [0.1, 0.15) is 5.82 Å². The van der Waals surface area contributed by atoms with Gasteiger partial charge in [0.05, 0.1) is 18.0 Å². The number of nitrogen functional groups attached to an aromatic ring is 1. The molecule has 0 radical (unpaired) electrons. The molecule has 3 N–H and O–H groups in total. The minimum atomic E-state index is 0.387. The minimum absolute atomic E-state index is 0.387. The van der Waals surface area contributed by atoms with Gasteiger partial charge in [0, 0.05) is 13.1 Å². The number of anilines is 2. The van der Waals surface area contributed by atoms with E-state index in [0.29, 0.717) is 11.9 Å². The maximum absolute atomic E-state index is 5.62. The van der Waals surface area contributed by atoms with Crippen LogP contribution in [0.15, 0.2) is 12.3 Å². The van der Waals surface area contributed by atoms with Crippen molar-refractivity contribution in [2.45, 2.75) is 18.9 Å². The standard InChI is InChI=1S/C9H13N3O/c1-11-7-4-9(10)12-5-8(7)13-6-2-3-6/h4-6H,2-3H2,1H3,(H3,10,11,12). The second-order valence-electron chi connectivity index (χ2n) is 3.17. The summed E-state index contributed by atoms with van der Waals surface area (Å²) in [5, 5.41) is 3.02. The molecule has 0 unspecified atom stereocenters. The van der Waals surface area contributed by atoms with Crippen molar-refractivity contribution in [1.82, 2.24) is 4.98 Å². The average Bonchev–Trinajstić information content (AvgIpc) is 2.92. The van der Waals surface area contributed by atoms with Crippen LogP contribution in [0.5, 0.6) is 5.75 Å². The van der Waals surface area contributed by atoms with Crippen molar-refractivity contribution in [1.29, 1.82) is 0 Å². The minimum Gasteiger partial charge on any atom is -0.487 e. The molecule has 4 heteroatoms. The second-order valence-corrected chi connectivity index (χ2v) is 3.17. The van der Waals surface area contributed by atoms with E-state index in [1.807, 2.05) is 7.05 Å². The van der Waals surface area contributed by atoms with Crippen molar-refractivity contribution in [3.8, 4) is 5.75 Å². The van der Waals surface area contributed by atoms with Crippen LogP contribution in [0.3, 0.4) is 0 Å². The molecule has 1 saturated carbocycles. The lowest BCUT2D eigenvalue weighted by molar-refractivity contribution is 0.303. The third kappa shape index (κ3) is 1.83. The molecular weight excluding hydrogens is 166 g/mol. The van der Waals surface area contributed by atoms with Crippen molar-refractivity contribution >= 4 is 11.5 Å². The summed E-state index contributed by atoms with van der Waals surface area (Å²) in [7, 11) is 1.84. The quantitative estimate of drug-likeness (QED) is 0.733. The van der Waals surface area contributed by atoms with Crippen LogP contribution in [0.1, 0.15) is 12.8 Å². The predicted octanol–water partition coefficient (Wildman–Crippen LogP) is 1.25. The Labute approximate surface area is 77.1 Å². The van der Waals surface area contributed by atoms with Crippen molar-refractivity contribution in [3.05, 3.63) is 12.3 Å². The van der Waals surface area contributed by atoms with Crippen molar-refractivity contribution < 1.29 is 4.74 Å². The average molecular weight is 179 g/mol. The Morgan fingerprint density at radius 1 is 1.62 bits per heavy atom. The Bertz CT molecular complexity index is 310. The smallest absolute Gasteiger partial charge is 0.161 e. The van der Waals surface area contributed by atoms with Gasteiger partial charge in [0.2, 0.25) is 0 Å². The molecule has 1 aliphatic carbocycles. The molecule has 1 aliphatic rings. The highest BCUT2D eigenvalue weighted by atomic mass is 16.5. The topological polar surface area (TPSA) is 60.2 Å². The molecule has 0 amide bonds. The molecule has 0 saturated heterocycles. The number of rotatable bonds is 3. The highest BCUT2D eigenvalue weighted by Crippen LogP contribution is 2.31. The van der Waals surface area contributed by atoms with Crippen LogP contribution in [-0.4, -0.2) is 18.1 Å². The molecule has 70 valence electrons. The molecule has 2 rings (SSSR count). The van der Waals surface area contributed by atoms with Crippen LogP contribution in [0.25, 0.3) is 0 Å². The molecule has 0 bridgehead atoms. The first-order valence-corrected chi connectivity index (χ1v) is 4.39. The van der Waals surface area contributed by atoms with Crippen LogP contribution in [0, 0.1) is 0 Å². The van der Waals surface area contributed by atoms with E-state index in [1.165, 1.54) is 0 Å². The number of nitrogens with zero attached hydrogens (tertiary/aromatic N) is 1. The predicted molar refractivity (Wildman–Crippen MR) is 51.8 cm³/mol. The zero-order valence-electron chi connectivity index (χ0n) is 7.58. The van der Waals surface area contributed by atoms with E-state index < -0.39 is 0 Å². The first-order valence-electron chi connectivity index (χ1n) is 4.39. The van der Waals surface area contributed by atoms with Gasteiger partial charge in [-0.05, 0) is 12.8 Å². The van der Waals surface area contributed by atoms with Crippen LogP contribution in [0.2, 0.25) is 0 Å². The summed E-state index contributed by atoms with van der Waals surface area (Å²) in [6, 6.07) is 1.78. The molecule has 1 fully saturated rings. The SMILES string of the molecule is CNc1cc(N)ncc1OC1CC1. The summed E-state index contributed by atoms with van der Waals surface area (Å²) >= 11 is 0. The van der Waals surface area contributed by atoms with E-state index in [4.69, 9.17) is 10.5 Å². The maximum atomic E-state index is 5.62. The first kappa shape index (κ1) is 8.16. The van der Waals surface area contributed by atoms with Gasteiger partial charge in [-0.25, -0.2) is 4.98 Å². The molecule has 0 aliphatic heterocycles. The van der Waals surface area contributed by atoms with Gasteiger partial charge in [-0.15, -0.1) is 0 Å². The Hall–Kier alpha value is -1.45. The van der Waals surface area contributed by atoms with E-state index in [9.17, 15) is 0 Å². The molecule has 1 aromatic rings. The van der Waals surface area contributed by atoms with Crippen LogP contribution >= 0.6 is 0 Å². The maximum Gasteiger partial charge on any atom is 0.161 e. The summed E-state index contributed by atoms with van der Waals surface area (Å²) in [4.78, 5) is 3.98. The third-order valence-corrected chi connectivity index (χ3v) is 1.98. The van der Waals surface area contributed by atoms with Crippen LogP contribution < -0.4 is 15.8 Å². The number of nitrogens with two attached hydrogens (primary N) is 1. The number of hydrogen-bond acceptors (Lipinski definition) is 4. The summed E-state index contributed by atoms with van der Waals surface area (Å²) < 4.78 is 5.62. The lowest BCUT2D eigenvalue weighted by atomic mass is 10.3. The zero-order valence-corrected chi connectivity index (χ0v) is 7.58. The lowest BCUT2D eigenvalue weighted by Crippen LogP contribution is -2.02. The Kier molecular flexibility index (Phi) is 1.96. The Balaban J connectivity index is 2.21. The van der Waals surface area contributed by atoms with Gasteiger partial charge in [-0.1, -0.05) is 0 Å². The van der Waals surface area contributed by atoms with Crippen LogP contribution in [0.4, 0.5) is 11.5 Å². The molecule has 1 heterocycles. The number of hydrogen-bond donors (Lipinski definition) is 2. The normalized spacial score (nSPS) is 15.5. The number of aromatic nitrogens is 1. The van der Waals surface area contributed by atoms with Crippen molar-refractivity contribution in [2.75, 3.05) is 18.1 Å². The van der Waals surface area contributed by atoms with Gasteiger partial charge in [0.25, 0.3) is 0 Å². The molecule has 0 atom stereocenters. The van der Waals surface area contributed by atoms with Gasteiger partial charge < -0.3 is 15.8 Å². The lowest BCUT2D eigenvalue weighted by Gasteiger charge is -2.09. The monoisotopic (exact) mass is 179 g/mol. The van der Waals surface area contributed by atoms with Gasteiger partial charge in [-0.2, -0.15) is 0 Å². The highest BCUT2D eigenvalue weighted by molar-refractivity contribution is 5.59. The number of nitrogens with one attached hydrogen (secondary N) is 1.